The molecule has 0 aromatic heterocycles. The highest BCUT2D eigenvalue weighted by molar-refractivity contribution is 5.73. The van der Waals surface area contributed by atoms with Crippen LogP contribution in [0.2, 0.25) is 0 Å². The average Bonchev–Trinajstić information content (AvgIpc) is 2.82. The molecular formula is C14H10F3N3O. The fourth-order valence-corrected chi connectivity index (χ4v) is 2.12. The summed E-state index contributed by atoms with van der Waals surface area (Å²) in [7, 11) is 0. The molecule has 2 aliphatic heterocycles. The number of halogens is 3. The van der Waals surface area contributed by atoms with E-state index < -0.39 is 11.7 Å². The fraction of sp³-hybridized carbons (Fsp3) is 0.143. The van der Waals surface area contributed by atoms with Gasteiger partial charge in [-0.2, -0.15) is 18.2 Å². The largest absolute Gasteiger partial charge is 0.492 e. The van der Waals surface area contributed by atoms with Gasteiger partial charge in [0.15, 0.2) is 0 Å². The van der Waals surface area contributed by atoms with E-state index in [-0.39, 0.29) is 11.6 Å². The summed E-state index contributed by atoms with van der Waals surface area (Å²) < 4.78 is 38.2. The van der Waals surface area contributed by atoms with Crippen LogP contribution in [0.3, 0.4) is 0 Å². The highest BCUT2D eigenvalue weighted by Gasteiger charge is 2.30. The minimum absolute atomic E-state index is 0.230. The zero-order chi connectivity index (χ0) is 15.2. The molecule has 3 rings (SSSR count). The molecular weight excluding hydrogens is 283 g/mol. The van der Waals surface area contributed by atoms with Crippen LogP contribution in [0.1, 0.15) is 11.4 Å². The lowest BCUT2D eigenvalue weighted by Gasteiger charge is -2.07. The second-order valence-electron chi connectivity index (χ2n) is 4.63. The van der Waals surface area contributed by atoms with Crippen molar-refractivity contribution in [2.75, 3.05) is 0 Å². The van der Waals surface area contributed by atoms with Crippen molar-refractivity contribution in [2.24, 2.45) is 0 Å². The fourth-order valence-electron chi connectivity index (χ4n) is 2.12. The van der Waals surface area contributed by atoms with E-state index in [0.29, 0.717) is 22.8 Å². The number of H-pyrrole nitrogens is 1. The first kappa shape index (κ1) is 13.4. The molecule has 2 heterocycles. The SMILES string of the molecule is Cc1nc(O)c2nc(-c3cccc(C(F)(F)F)c3)cc-2[nH]1. The monoisotopic (exact) mass is 293 g/mol. The standard InChI is InChI=1S/C14H10F3N3O/c1-7-18-11-6-10(20-12(11)13(21)19-7)8-3-2-4-9(5-8)14(15,16)17/h2-6,21H,1H3,(H,18,19). The van der Waals surface area contributed by atoms with Crippen molar-refractivity contribution in [2.45, 2.75) is 13.1 Å². The van der Waals surface area contributed by atoms with E-state index in [9.17, 15) is 18.3 Å². The molecule has 108 valence electrons. The Morgan fingerprint density at radius 1 is 1.14 bits per heavy atom. The Morgan fingerprint density at radius 2 is 1.90 bits per heavy atom. The summed E-state index contributed by atoms with van der Waals surface area (Å²) in [6.45, 7) is 1.66. The van der Waals surface area contributed by atoms with Crippen LogP contribution in [0.15, 0.2) is 30.3 Å². The summed E-state index contributed by atoms with van der Waals surface area (Å²) in [6, 6.07) is 6.47. The van der Waals surface area contributed by atoms with E-state index >= 15 is 0 Å². The highest BCUT2D eigenvalue weighted by Crippen LogP contribution is 2.35. The summed E-state index contributed by atoms with van der Waals surface area (Å²) in [5.74, 6) is 0.238. The molecule has 2 aliphatic rings. The van der Waals surface area contributed by atoms with E-state index in [2.05, 4.69) is 15.0 Å². The van der Waals surface area contributed by atoms with Crippen molar-refractivity contribution in [1.82, 2.24) is 15.0 Å². The molecule has 0 amide bonds. The molecule has 0 radical (unpaired) electrons. The van der Waals surface area contributed by atoms with Crippen molar-refractivity contribution in [1.29, 1.82) is 0 Å². The number of aromatic amines is 1. The predicted molar refractivity (Wildman–Crippen MR) is 69.8 cm³/mol. The van der Waals surface area contributed by atoms with Crippen LogP contribution in [0.5, 0.6) is 5.88 Å². The van der Waals surface area contributed by atoms with Crippen molar-refractivity contribution >= 4 is 0 Å². The van der Waals surface area contributed by atoms with Gasteiger partial charge in [0.25, 0.3) is 0 Å². The smallest absolute Gasteiger partial charge is 0.416 e. The summed E-state index contributed by atoms with van der Waals surface area (Å²) in [6.07, 6.45) is -4.41. The summed E-state index contributed by atoms with van der Waals surface area (Å²) in [5, 5.41) is 9.72. The first-order valence-corrected chi connectivity index (χ1v) is 6.08. The van der Waals surface area contributed by atoms with Gasteiger partial charge in [0.1, 0.15) is 11.5 Å². The summed E-state index contributed by atoms with van der Waals surface area (Å²) >= 11 is 0. The van der Waals surface area contributed by atoms with Gasteiger partial charge in [0.05, 0.1) is 17.0 Å². The van der Waals surface area contributed by atoms with Gasteiger partial charge in [-0.25, -0.2) is 4.98 Å². The van der Waals surface area contributed by atoms with Gasteiger partial charge in [0, 0.05) is 5.56 Å². The summed E-state index contributed by atoms with van der Waals surface area (Å²) in [5.41, 5.74) is 0.677. The number of aryl methyl sites for hydroxylation is 1. The third-order valence-corrected chi connectivity index (χ3v) is 3.06. The molecule has 0 fully saturated rings. The van der Waals surface area contributed by atoms with Gasteiger partial charge in [-0.1, -0.05) is 12.1 Å². The lowest BCUT2D eigenvalue weighted by Crippen LogP contribution is -2.04. The minimum atomic E-state index is -4.41. The maximum absolute atomic E-state index is 12.7. The molecule has 4 nitrogen and oxygen atoms in total. The number of hydrogen-bond donors (Lipinski definition) is 2. The Hall–Kier alpha value is -2.57. The van der Waals surface area contributed by atoms with Gasteiger partial charge in [-0.3, -0.25) is 0 Å². The van der Waals surface area contributed by atoms with Crippen LogP contribution < -0.4 is 0 Å². The van der Waals surface area contributed by atoms with Gasteiger partial charge >= 0.3 is 6.18 Å². The number of alkyl halides is 3. The molecule has 0 atom stereocenters. The molecule has 7 heteroatoms. The van der Waals surface area contributed by atoms with Crippen LogP contribution in [0.25, 0.3) is 22.6 Å². The molecule has 1 aromatic carbocycles. The number of rotatable bonds is 1. The zero-order valence-corrected chi connectivity index (χ0v) is 10.9. The van der Waals surface area contributed by atoms with Crippen molar-refractivity contribution in [3.05, 3.63) is 41.7 Å². The molecule has 2 N–H and O–H groups in total. The van der Waals surface area contributed by atoms with E-state index in [4.69, 9.17) is 0 Å². The number of hydrogen-bond acceptors (Lipinski definition) is 3. The van der Waals surface area contributed by atoms with Gasteiger partial charge in [-0.05, 0) is 25.1 Å². The Morgan fingerprint density at radius 3 is 2.62 bits per heavy atom. The number of nitrogens with zero attached hydrogens (tertiary/aromatic N) is 2. The lowest BCUT2D eigenvalue weighted by atomic mass is 10.1. The van der Waals surface area contributed by atoms with Gasteiger partial charge in [-0.15, -0.1) is 0 Å². The van der Waals surface area contributed by atoms with E-state index in [1.165, 1.54) is 12.1 Å². The molecule has 1 aromatic rings. The number of benzene rings is 1. The predicted octanol–water partition coefficient (Wildman–Crippen LogP) is 3.61. The Labute approximate surface area is 117 Å². The molecule has 0 saturated carbocycles. The van der Waals surface area contributed by atoms with Crippen LogP contribution in [-0.2, 0) is 6.18 Å². The van der Waals surface area contributed by atoms with E-state index in [1.54, 1.807) is 13.0 Å². The lowest BCUT2D eigenvalue weighted by molar-refractivity contribution is -0.137. The molecule has 0 saturated heterocycles. The van der Waals surface area contributed by atoms with Gasteiger partial charge < -0.3 is 10.1 Å². The molecule has 0 aliphatic carbocycles. The van der Waals surface area contributed by atoms with Gasteiger partial charge in [0.2, 0.25) is 5.88 Å². The number of aromatic hydroxyl groups is 1. The second kappa shape index (κ2) is 4.47. The maximum atomic E-state index is 12.7. The topological polar surface area (TPSA) is 61.8 Å². The Bertz CT molecular complexity index is 780. The van der Waals surface area contributed by atoms with E-state index in [0.717, 1.165) is 12.1 Å². The molecule has 21 heavy (non-hydrogen) atoms. The number of nitrogens with one attached hydrogen (secondary N) is 1. The van der Waals surface area contributed by atoms with Crippen molar-refractivity contribution < 1.29 is 18.3 Å². The third kappa shape index (κ3) is 2.42. The number of aromatic nitrogens is 3. The summed E-state index contributed by atoms with van der Waals surface area (Å²) in [4.78, 5) is 10.9. The first-order chi connectivity index (χ1) is 9.84. The quantitative estimate of drug-likeness (QED) is 0.720. The Kier molecular flexibility index (Phi) is 2.86. The Balaban J connectivity index is 2.14. The maximum Gasteiger partial charge on any atom is 0.416 e. The minimum Gasteiger partial charge on any atom is -0.492 e. The average molecular weight is 293 g/mol. The van der Waals surface area contributed by atoms with E-state index in [1.807, 2.05) is 0 Å². The van der Waals surface area contributed by atoms with Crippen molar-refractivity contribution in [3.63, 3.8) is 0 Å². The zero-order valence-electron chi connectivity index (χ0n) is 10.9. The van der Waals surface area contributed by atoms with Crippen molar-refractivity contribution in [3.8, 4) is 28.5 Å². The first-order valence-electron chi connectivity index (χ1n) is 6.08. The normalized spacial score (nSPS) is 12.0. The third-order valence-electron chi connectivity index (χ3n) is 3.06. The van der Waals surface area contributed by atoms with Crippen LogP contribution in [0.4, 0.5) is 13.2 Å². The molecule has 0 spiro atoms. The molecule has 0 unspecified atom stereocenters. The second-order valence-corrected chi connectivity index (χ2v) is 4.63. The van der Waals surface area contributed by atoms with Crippen LogP contribution >= 0.6 is 0 Å². The van der Waals surface area contributed by atoms with Crippen LogP contribution in [0, 0.1) is 6.92 Å². The highest BCUT2D eigenvalue weighted by atomic mass is 19.4. The van der Waals surface area contributed by atoms with Crippen LogP contribution in [-0.4, -0.2) is 20.1 Å². The molecule has 0 bridgehead atoms. The number of fused-ring (bicyclic) bond motifs is 1.